The molecule has 0 atom stereocenters. The molecule has 1 heterocycles. The molecule has 0 spiro atoms. The van der Waals surface area contributed by atoms with Crippen molar-refractivity contribution in [2.75, 3.05) is 0 Å². The molecule has 0 bridgehead atoms. The van der Waals surface area contributed by atoms with Gasteiger partial charge in [0.25, 0.3) is 5.91 Å². The zero-order valence-corrected chi connectivity index (χ0v) is 14.8. The zero-order chi connectivity index (χ0) is 17.8. The van der Waals surface area contributed by atoms with Crippen LogP contribution >= 0.6 is 0 Å². The van der Waals surface area contributed by atoms with Gasteiger partial charge in [-0.15, -0.1) is 0 Å². The van der Waals surface area contributed by atoms with Crippen LogP contribution in [0.3, 0.4) is 0 Å². The van der Waals surface area contributed by atoms with Crippen molar-refractivity contribution in [1.82, 2.24) is 4.57 Å². The SMILES string of the molecule is CCCc1c(-c2ccccc2)c(C(N)=O)c(C)n1Cc1ccccc1. The van der Waals surface area contributed by atoms with Gasteiger partial charge in [-0.3, -0.25) is 4.79 Å². The molecule has 0 aliphatic heterocycles. The lowest BCUT2D eigenvalue weighted by Crippen LogP contribution is -2.13. The molecule has 2 N–H and O–H groups in total. The van der Waals surface area contributed by atoms with Gasteiger partial charge in [0, 0.05) is 23.5 Å². The number of carbonyl (C=O) groups excluding carboxylic acids is 1. The maximum absolute atomic E-state index is 12.2. The molecule has 3 heteroatoms. The van der Waals surface area contributed by atoms with Crippen molar-refractivity contribution < 1.29 is 4.79 Å². The van der Waals surface area contributed by atoms with E-state index in [9.17, 15) is 4.79 Å². The molecule has 0 unspecified atom stereocenters. The first-order chi connectivity index (χ1) is 12.1. The summed E-state index contributed by atoms with van der Waals surface area (Å²) in [5.74, 6) is -0.361. The second-order valence-corrected chi connectivity index (χ2v) is 6.33. The van der Waals surface area contributed by atoms with Gasteiger partial charge < -0.3 is 10.3 Å². The van der Waals surface area contributed by atoms with Crippen molar-refractivity contribution in [2.24, 2.45) is 5.73 Å². The summed E-state index contributed by atoms with van der Waals surface area (Å²) in [4.78, 5) is 12.2. The molecule has 1 aromatic heterocycles. The number of aromatic nitrogens is 1. The maximum atomic E-state index is 12.2. The van der Waals surface area contributed by atoms with Crippen LogP contribution < -0.4 is 5.73 Å². The molecule has 3 aromatic rings. The van der Waals surface area contributed by atoms with Crippen LogP contribution in [0.5, 0.6) is 0 Å². The normalized spacial score (nSPS) is 10.8. The Morgan fingerprint density at radius 1 is 1.00 bits per heavy atom. The molecule has 128 valence electrons. The van der Waals surface area contributed by atoms with Crippen LogP contribution in [0.25, 0.3) is 11.1 Å². The predicted molar refractivity (Wildman–Crippen MR) is 103 cm³/mol. The number of primary amides is 1. The van der Waals surface area contributed by atoms with Crippen molar-refractivity contribution in [3.63, 3.8) is 0 Å². The molecule has 0 aliphatic carbocycles. The molecular weight excluding hydrogens is 308 g/mol. The molecule has 3 rings (SSSR count). The van der Waals surface area contributed by atoms with Gasteiger partial charge in [-0.25, -0.2) is 0 Å². The van der Waals surface area contributed by atoms with E-state index in [0.29, 0.717) is 5.56 Å². The summed E-state index contributed by atoms with van der Waals surface area (Å²) in [7, 11) is 0. The monoisotopic (exact) mass is 332 g/mol. The minimum atomic E-state index is -0.361. The Labute approximate surface area is 149 Å². The second-order valence-electron chi connectivity index (χ2n) is 6.33. The standard InChI is InChI=1S/C22H24N2O/c1-3-10-19-21(18-13-8-5-9-14-18)20(22(23)25)16(2)24(19)15-17-11-6-4-7-12-17/h4-9,11-14H,3,10,15H2,1-2H3,(H2,23,25). The van der Waals surface area contributed by atoms with E-state index in [1.54, 1.807) is 0 Å². The summed E-state index contributed by atoms with van der Waals surface area (Å²) >= 11 is 0. The van der Waals surface area contributed by atoms with Gasteiger partial charge in [-0.1, -0.05) is 74.0 Å². The quantitative estimate of drug-likeness (QED) is 0.706. The fourth-order valence-electron chi connectivity index (χ4n) is 3.49. The van der Waals surface area contributed by atoms with E-state index in [0.717, 1.165) is 36.2 Å². The molecule has 2 aromatic carbocycles. The summed E-state index contributed by atoms with van der Waals surface area (Å²) in [6.45, 7) is 4.90. The molecule has 3 nitrogen and oxygen atoms in total. The van der Waals surface area contributed by atoms with Crippen molar-refractivity contribution in [1.29, 1.82) is 0 Å². The van der Waals surface area contributed by atoms with Crippen LogP contribution in [0.1, 0.15) is 40.7 Å². The summed E-state index contributed by atoms with van der Waals surface area (Å²) in [6, 6.07) is 20.4. The lowest BCUT2D eigenvalue weighted by molar-refractivity contribution is 0.1000. The van der Waals surface area contributed by atoms with Crippen LogP contribution in [0.2, 0.25) is 0 Å². The van der Waals surface area contributed by atoms with E-state index in [1.165, 1.54) is 11.3 Å². The smallest absolute Gasteiger partial charge is 0.251 e. The number of nitrogens with zero attached hydrogens (tertiary/aromatic N) is 1. The molecule has 1 amide bonds. The first kappa shape index (κ1) is 17.0. The van der Waals surface area contributed by atoms with Crippen LogP contribution in [0.4, 0.5) is 0 Å². The third-order valence-electron chi connectivity index (χ3n) is 4.61. The van der Waals surface area contributed by atoms with E-state index in [1.807, 2.05) is 55.5 Å². The number of nitrogens with two attached hydrogens (primary N) is 1. The van der Waals surface area contributed by atoms with Gasteiger partial charge >= 0.3 is 0 Å². The highest BCUT2D eigenvalue weighted by Crippen LogP contribution is 2.34. The van der Waals surface area contributed by atoms with E-state index < -0.39 is 0 Å². The Bertz CT molecular complexity index is 864. The Balaban J connectivity index is 2.22. The predicted octanol–water partition coefficient (Wildman–Crippen LogP) is 4.56. The summed E-state index contributed by atoms with van der Waals surface area (Å²) in [6.07, 6.45) is 1.92. The minimum absolute atomic E-state index is 0.361. The maximum Gasteiger partial charge on any atom is 0.251 e. The Kier molecular flexibility index (Phi) is 5.03. The first-order valence-corrected chi connectivity index (χ1v) is 8.74. The average Bonchev–Trinajstić information content (AvgIpc) is 2.90. The number of benzene rings is 2. The van der Waals surface area contributed by atoms with Crippen LogP contribution in [-0.2, 0) is 13.0 Å². The number of hydrogen-bond acceptors (Lipinski definition) is 1. The highest BCUT2D eigenvalue weighted by atomic mass is 16.1. The van der Waals surface area contributed by atoms with Crippen molar-refractivity contribution in [3.05, 3.63) is 83.2 Å². The fraction of sp³-hybridized carbons (Fsp3) is 0.227. The number of carbonyl (C=O) groups is 1. The fourth-order valence-corrected chi connectivity index (χ4v) is 3.49. The molecule has 0 saturated carbocycles. The van der Waals surface area contributed by atoms with Crippen molar-refractivity contribution in [3.8, 4) is 11.1 Å². The third kappa shape index (κ3) is 3.36. The van der Waals surface area contributed by atoms with Crippen LogP contribution in [0.15, 0.2) is 60.7 Å². The van der Waals surface area contributed by atoms with Crippen molar-refractivity contribution >= 4 is 5.91 Å². The van der Waals surface area contributed by atoms with E-state index in [4.69, 9.17) is 5.73 Å². The topological polar surface area (TPSA) is 48.0 Å². The third-order valence-corrected chi connectivity index (χ3v) is 4.61. The minimum Gasteiger partial charge on any atom is -0.366 e. The number of amides is 1. The van der Waals surface area contributed by atoms with Gasteiger partial charge in [0.15, 0.2) is 0 Å². The highest BCUT2D eigenvalue weighted by molar-refractivity contribution is 6.02. The largest absolute Gasteiger partial charge is 0.366 e. The van der Waals surface area contributed by atoms with Crippen molar-refractivity contribution in [2.45, 2.75) is 33.2 Å². The Morgan fingerprint density at radius 2 is 1.60 bits per heavy atom. The average molecular weight is 332 g/mol. The summed E-state index contributed by atoms with van der Waals surface area (Å²) in [5, 5.41) is 0. The van der Waals surface area contributed by atoms with Crippen LogP contribution in [0, 0.1) is 6.92 Å². The molecule has 0 radical (unpaired) electrons. The lowest BCUT2D eigenvalue weighted by Gasteiger charge is -2.13. The lowest BCUT2D eigenvalue weighted by atomic mass is 9.98. The summed E-state index contributed by atoms with van der Waals surface area (Å²) < 4.78 is 2.25. The van der Waals surface area contributed by atoms with Gasteiger partial charge in [0.05, 0.1) is 5.56 Å². The van der Waals surface area contributed by atoms with Crippen LogP contribution in [-0.4, -0.2) is 10.5 Å². The van der Waals surface area contributed by atoms with E-state index >= 15 is 0 Å². The van der Waals surface area contributed by atoms with Gasteiger partial charge in [-0.2, -0.15) is 0 Å². The van der Waals surface area contributed by atoms with Gasteiger partial charge in [0.2, 0.25) is 0 Å². The zero-order valence-electron chi connectivity index (χ0n) is 14.8. The molecule has 0 saturated heterocycles. The second kappa shape index (κ2) is 7.39. The number of hydrogen-bond donors (Lipinski definition) is 1. The summed E-state index contributed by atoms with van der Waals surface area (Å²) in [5.41, 5.74) is 11.8. The van der Waals surface area contributed by atoms with E-state index in [-0.39, 0.29) is 5.91 Å². The number of rotatable bonds is 6. The highest BCUT2D eigenvalue weighted by Gasteiger charge is 2.24. The first-order valence-electron chi connectivity index (χ1n) is 8.74. The van der Waals surface area contributed by atoms with Gasteiger partial charge in [0.1, 0.15) is 0 Å². The molecule has 0 fully saturated rings. The molecule has 0 aliphatic rings. The van der Waals surface area contributed by atoms with E-state index in [2.05, 4.69) is 23.6 Å². The Morgan fingerprint density at radius 3 is 2.16 bits per heavy atom. The molecular formula is C22H24N2O. The van der Waals surface area contributed by atoms with Gasteiger partial charge in [-0.05, 0) is 24.5 Å². The Hall–Kier alpha value is -2.81. The molecule has 25 heavy (non-hydrogen) atoms.